The largest absolute Gasteiger partial charge is 0.378 e. The topological polar surface area (TPSA) is 78.9 Å². The van der Waals surface area contributed by atoms with Crippen LogP contribution in [-0.2, 0) is 14.8 Å². The number of hydrogen-bond acceptors (Lipinski definition) is 7. The van der Waals surface area contributed by atoms with E-state index in [2.05, 4.69) is 9.97 Å². The van der Waals surface area contributed by atoms with Crippen LogP contribution in [0.1, 0.15) is 0 Å². The second-order valence-corrected chi connectivity index (χ2v) is 8.63. The van der Waals surface area contributed by atoms with Crippen LogP contribution in [-0.4, -0.2) is 75.2 Å². The number of piperazine rings is 1. The van der Waals surface area contributed by atoms with Crippen LogP contribution in [0.3, 0.4) is 0 Å². The number of hydrogen-bond donors (Lipinski definition) is 0. The normalized spacial score (nSPS) is 18.8. The molecule has 0 amide bonds. The SMILES string of the molecule is O=S(=O)(c1c(F)cccc1F)N1CCN(c2ccnc(N3CCOCC3)n2)CC1. The van der Waals surface area contributed by atoms with Gasteiger partial charge in [-0.1, -0.05) is 6.07 Å². The van der Waals surface area contributed by atoms with Gasteiger partial charge in [0.05, 0.1) is 13.2 Å². The Balaban J connectivity index is 1.47. The molecule has 4 rings (SSSR count). The minimum atomic E-state index is -4.25. The second kappa shape index (κ2) is 8.17. The molecule has 0 unspecified atom stereocenters. The first-order chi connectivity index (χ1) is 14.0. The van der Waals surface area contributed by atoms with E-state index in [-0.39, 0.29) is 13.1 Å². The molecule has 2 fully saturated rings. The maximum Gasteiger partial charge on any atom is 0.249 e. The molecule has 8 nitrogen and oxygen atoms in total. The van der Waals surface area contributed by atoms with Crippen molar-refractivity contribution in [3.05, 3.63) is 42.1 Å². The van der Waals surface area contributed by atoms with Gasteiger partial charge in [0.2, 0.25) is 16.0 Å². The summed E-state index contributed by atoms with van der Waals surface area (Å²) in [6.07, 6.45) is 1.67. The molecule has 2 aliphatic rings. The Labute approximate surface area is 167 Å². The highest BCUT2D eigenvalue weighted by atomic mass is 32.2. The minimum Gasteiger partial charge on any atom is -0.378 e. The average Bonchev–Trinajstić information content (AvgIpc) is 2.74. The zero-order chi connectivity index (χ0) is 20.4. The standard InChI is InChI=1S/C18H21F2N5O3S/c19-14-2-1-3-15(20)17(14)29(26,27)25-8-6-23(7-9-25)16-4-5-21-18(22-16)24-10-12-28-13-11-24/h1-5H,6-13H2. The average molecular weight is 425 g/mol. The van der Waals surface area contributed by atoms with Gasteiger partial charge in [0.1, 0.15) is 17.5 Å². The Morgan fingerprint density at radius 2 is 1.55 bits per heavy atom. The van der Waals surface area contributed by atoms with E-state index in [1.165, 1.54) is 0 Å². The third kappa shape index (κ3) is 4.02. The van der Waals surface area contributed by atoms with Gasteiger partial charge in [-0.25, -0.2) is 22.2 Å². The van der Waals surface area contributed by atoms with Crippen molar-refractivity contribution in [2.24, 2.45) is 0 Å². The lowest BCUT2D eigenvalue weighted by atomic mass is 10.3. The summed E-state index contributed by atoms with van der Waals surface area (Å²) in [5.74, 6) is -0.873. The van der Waals surface area contributed by atoms with Crippen molar-refractivity contribution in [3.63, 3.8) is 0 Å². The fourth-order valence-corrected chi connectivity index (χ4v) is 4.98. The Kier molecular flexibility index (Phi) is 5.61. The maximum atomic E-state index is 14.0. The second-order valence-electron chi connectivity index (χ2n) is 6.76. The summed E-state index contributed by atoms with van der Waals surface area (Å²) >= 11 is 0. The van der Waals surface area contributed by atoms with E-state index in [0.29, 0.717) is 51.2 Å². The van der Waals surface area contributed by atoms with Crippen LogP contribution in [0.2, 0.25) is 0 Å². The number of aromatic nitrogens is 2. The smallest absolute Gasteiger partial charge is 0.249 e. The molecule has 0 radical (unpaired) electrons. The maximum absolute atomic E-state index is 14.0. The summed E-state index contributed by atoms with van der Waals surface area (Å²) in [4.78, 5) is 12.0. The van der Waals surface area contributed by atoms with Crippen molar-refractivity contribution < 1.29 is 21.9 Å². The van der Waals surface area contributed by atoms with Crippen LogP contribution in [0.5, 0.6) is 0 Å². The first-order valence-corrected chi connectivity index (χ1v) is 10.8. The highest BCUT2D eigenvalue weighted by Gasteiger charge is 2.33. The number of ether oxygens (including phenoxy) is 1. The van der Waals surface area contributed by atoms with E-state index in [9.17, 15) is 17.2 Å². The van der Waals surface area contributed by atoms with Gasteiger partial charge in [-0.2, -0.15) is 9.29 Å². The molecule has 2 aromatic rings. The Morgan fingerprint density at radius 1 is 0.897 bits per heavy atom. The summed E-state index contributed by atoms with van der Waals surface area (Å²) in [5, 5.41) is 0. The van der Waals surface area contributed by atoms with E-state index in [1.54, 1.807) is 12.3 Å². The van der Waals surface area contributed by atoms with Gasteiger partial charge >= 0.3 is 0 Å². The first-order valence-electron chi connectivity index (χ1n) is 9.31. The highest BCUT2D eigenvalue weighted by Crippen LogP contribution is 2.25. The third-order valence-electron chi connectivity index (χ3n) is 5.00. The number of nitrogens with zero attached hydrogens (tertiary/aromatic N) is 5. The molecule has 2 saturated heterocycles. The molecule has 1 aromatic carbocycles. The highest BCUT2D eigenvalue weighted by molar-refractivity contribution is 7.89. The van der Waals surface area contributed by atoms with Crippen molar-refractivity contribution in [2.45, 2.75) is 4.90 Å². The first kappa shape index (κ1) is 19.9. The number of rotatable bonds is 4. The quantitative estimate of drug-likeness (QED) is 0.726. The van der Waals surface area contributed by atoms with Crippen molar-refractivity contribution in [3.8, 4) is 0 Å². The van der Waals surface area contributed by atoms with E-state index >= 15 is 0 Å². The van der Waals surface area contributed by atoms with Gasteiger partial charge in [-0.3, -0.25) is 0 Å². The zero-order valence-electron chi connectivity index (χ0n) is 15.7. The van der Waals surface area contributed by atoms with Crippen LogP contribution in [0.15, 0.2) is 35.4 Å². The number of anilines is 2. The van der Waals surface area contributed by atoms with Gasteiger partial charge in [0.25, 0.3) is 0 Å². The predicted molar refractivity (Wildman–Crippen MR) is 102 cm³/mol. The van der Waals surface area contributed by atoms with Gasteiger partial charge in [-0.05, 0) is 18.2 Å². The molecule has 29 heavy (non-hydrogen) atoms. The fraction of sp³-hybridized carbons (Fsp3) is 0.444. The van der Waals surface area contributed by atoms with Crippen molar-refractivity contribution in [2.75, 3.05) is 62.3 Å². The van der Waals surface area contributed by atoms with Crippen LogP contribution in [0, 0.1) is 11.6 Å². The molecule has 0 bridgehead atoms. The van der Waals surface area contributed by atoms with Crippen LogP contribution in [0.4, 0.5) is 20.5 Å². The van der Waals surface area contributed by atoms with Gasteiger partial charge in [0, 0.05) is 45.5 Å². The molecule has 11 heteroatoms. The molecule has 0 N–H and O–H groups in total. The predicted octanol–water partition coefficient (Wildman–Crippen LogP) is 1.10. The summed E-state index contributed by atoms with van der Waals surface area (Å²) < 4.78 is 59.8. The van der Waals surface area contributed by atoms with Crippen molar-refractivity contribution in [1.29, 1.82) is 0 Å². The molecule has 0 aliphatic carbocycles. The molecular weight excluding hydrogens is 404 g/mol. The Morgan fingerprint density at radius 3 is 2.21 bits per heavy atom. The molecule has 156 valence electrons. The molecule has 3 heterocycles. The van der Waals surface area contributed by atoms with E-state index in [4.69, 9.17) is 4.74 Å². The number of sulfonamides is 1. The monoisotopic (exact) mass is 425 g/mol. The van der Waals surface area contributed by atoms with E-state index in [1.807, 2.05) is 9.80 Å². The summed E-state index contributed by atoms with van der Waals surface area (Å²) in [6.45, 7) is 3.59. The molecule has 1 aromatic heterocycles. The van der Waals surface area contributed by atoms with Gasteiger partial charge in [-0.15, -0.1) is 0 Å². The van der Waals surface area contributed by atoms with Crippen molar-refractivity contribution >= 4 is 21.8 Å². The Hall–Kier alpha value is -2.37. The number of morpholine rings is 1. The summed E-state index contributed by atoms with van der Waals surface area (Å²) in [7, 11) is -4.25. The van der Waals surface area contributed by atoms with E-state index < -0.39 is 26.6 Å². The molecule has 0 spiro atoms. The molecule has 0 atom stereocenters. The molecule has 2 aliphatic heterocycles. The van der Waals surface area contributed by atoms with Crippen molar-refractivity contribution in [1.82, 2.24) is 14.3 Å². The number of benzene rings is 1. The van der Waals surface area contributed by atoms with Crippen LogP contribution >= 0.6 is 0 Å². The summed E-state index contributed by atoms with van der Waals surface area (Å²) in [6, 6.07) is 4.80. The van der Waals surface area contributed by atoms with Gasteiger partial charge < -0.3 is 14.5 Å². The molecule has 0 saturated carbocycles. The third-order valence-corrected chi connectivity index (χ3v) is 6.95. The van der Waals surface area contributed by atoms with Gasteiger partial charge in [0.15, 0.2) is 4.90 Å². The number of halogens is 2. The Bertz CT molecular complexity index is 957. The lowest BCUT2D eigenvalue weighted by Crippen LogP contribution is -2.49. The summed E-state index contributed by atoms with van der Waals surface area (Å²) in [5.41, 5.74) is 0. The zero-order valence-corrected chi connectivity index (χ0v) is 16.5. The van der Waals surface area contributed by atoms with Crippen LogP contribution < -0.4 is 9.80 Å². The fourth-order valence-electron chi connectivity index (χ4n) is 3.45. The molecular formula is C18H21F2N5O3S. The lowest BCUT2D eigenvalue weighted by molar-refractivity contribution is 0.122. The minimum absolute atomic E-state index is 0.104. The van der Waals surface area contributed by atoms with Crippen LogP contribution in [0.25, 0.3) is 0 Å². The lowest BCUT2D eigenvalue weighted by Gasteiger charge is -2.35. The van der Waals surface area contributed by atoms with E-state index in [0.717, 1.165) is 22.5 Å².